The number of ether oxygens (including phenoxy) is 2. The van der Waals surface area contributed by atoms with Crippen molar-refractivity contribution in [2.45, 2.75) is 56.8 Å². The van der Waals surface area contributed by atoms with E-state index in [1.54, 1.807) is 5.48 Å². The number of nitrogens with one attached hydrogen (secondary N) is 1. The van der Waals surface area contributed by atoms with Crippen LogP contribution < -0.4 is 5.48 Å². The van der Waals surface area contributed by atoms with E-state index in [4.69, 9.17) is 14.7 Å². The van der Waals surface area contributed by atoms with Crippen molar-refractivity contribution in [2.75, 3.05) is 19.8 Å². The molecule has 4 aliphatic rings. The highest BCUT2D eigenvalue weighted by Gasteiger charge is 2.51. The van der Waals surface area contributed by atoms with Gasteiger partial charge in [-0.25, -0.2) is 5.48 Å². The van der Waals surface area contributed by atoms with Gasteiger partial charge in [0.1, 0.15) is 0 Å². The Bertz CT molecular complexity index is 507. The highest BCUT2D eigenvalue weighted by atomic mass is 16.5. The Balaban J connectivity index is 1.45. The van der Waals surface area contributed by atoms with Crippen LogP contribution in [0, 0.1) is 17.8 Å². The molecule has 7 heteroatoms. The van der Waals surface area contributed by atoms with Gasteiger partial charge in [-0.3, -0.25) is 14.8 Å². The fourth-order valence-corrected chi connectivity index (χ4v) is 5.09. The zero-order chi connectivity index (χ0) is 16.7. The normalized spacial score (nSPS) is 39.4. The molecular weight excluding hydrogens is 312 g/mol. The molecule has 0 spiro atoms. The standard InChI is InChI=1S/C17H26N2O5/c20-16(18-22)11-1-2-13-14-8-12(24-15(13)7-11)9-19(14)17(21)10-3-5-23-6-4-10/h10-15,22H,1-9H2,(H,18,20). The first-order valence-electron chi connectivity index (χ1n) is 9.15. The number of nitrogens with zero attached hydrogens (tertiary/aromatic N) is 1. The van der Waals surface area contributed by atoms with Gasteiger partial charge in [-0.15, -0.1) is 0 Å². The first kappa shape index (κ1) is 16.3. The highest BCUT2D eigenvalue weighted by Crippen LogP contribution is 2.44. The van der Waals surface area contributed by atoms with Gasteiger partial charge in [0.25, 0.3) is 0 Å². The quantitative estimate of drug-likeness (QED) is 0.572. The molecule has 24 heavy (non-hydrogen) atoms. The lowest BCUT2D eigenvalue weighted by Crippen LogP contribution is -2.50. The number of hydrogen-bond donors (Lipinski definition) is 2. The molecular formula is C17H26N2O5. The van der Waals surface area contributed by atoms with Gasteiger partial charge in [0.2, 0.25) is 11.8 Å². The SMILES string of the molecule is O=C(NO)C1CCC2C(C1)OC1CC2N(C(=O)C2CCOCC2)C1. The van der Waals surface area contributed by atoms with E-state index >= 15 is 0 Å². The number of carbonyl (C=O) groups excluding carboxylic acids is 2. The number of carbonyl (C=O) groups is 2. The molecule has 5 unspecified atom stereocenters. The summed E-state index contributed by atoms with van der Waals surface area (Å²) in [6, 6.07) is 0.252. The zero-order valence-electron chi connectivity index (χ0n) is 13.9. The monoisotopic (exact) mass is 338 g/mol. The second-order valence-electron chi connectivity index (χ2n) is 7.63. The van der Waals surface area contributed by atoms with Crippen LogP contribution in [0.25, 0.3) is 0 Å². The minimum absolute atomic E-state index is 0.0253. The van der Waals surface area contributed by atoms with Crippen LogP contribution in [0.4, 0.5) is 0 Å². The van der Waals surface area contributed by atoms with Crippen molar-refractivity contribution >= 4 is 11.8 Å². The van der Waals surface area contributed by atoms with Gasteiger partial charge in [-0.05, 0) is 38.5 Å². The van der Waals surface area contributed by atoms with Crippen molar-refractivity contribution in [2.24, 2.45) is 17.8 Å². The van der Waals surface area contributed by atoms with Gasteiger partial charge < -0.3 is 14.4 Å². The molecule has 3 heterocycles. The Morgan fingerprint density at radius 1 is 1.04 bits per heavy atom. The largest absolute Gasteiger partial charge is 0.381 e. The fraction of sp³-hybridized carbons (Fsp3) is 0.882. The van der Waals surface area contributed by atoms with Crippen LogP contribution >= 0.6 is 0 Å². The first-order valence-corrected chi connectivity index (χ1v) is 9.15. The average molecular weight is 338 g/mol. The molecule has 7 nitrogen and oxygen atoms in total. The molecule has 134 valence electrons. The van der Waals surface area contributed by atoms with E-state index in [0.29, 0.717) is 32.1 Å². The van der Waals surface area contributed by atoms with Crippen molar-refractivity contribution in [1.82, 2.24) is 10.4 Å². The van der Waals surface area contributed by atoms with Crippen LogP contribution in [0.3, 0.4) is 0 Å². The third-order valence-electron chi connectivity index (χ3n) is 6.34. The molecule has 3 saturated heterocycles. The van der Waals surface area contributed by atoms with Crippen LogP contribution in [0.5, 0.6) is 0 Å². The summed E-state index contributed by atoms with van der Waals surface area (Å²) in [6.07, 6.45) is 4.94. The number of rotatable bonds is 2. The van der Waals surface area contributed by atoms with Gasteiger partial charge in [0, 0.05) is 43.6 Å². The van der Waals surface area contributed by atoms with E-state index in [9.17, 15) is 9.59 Å². The maximum absolute atomic E-state index is 13.0. The van der Waals surface area contributed by atoms with Crippen molar-refractivity contribution in [3.05, 3.63) is 0 Å². The second-order valence-corrected chi connectivity index (χ2v) is 7.63. The van der Waals surface area contributed by atoms with Gasteiger partial charge in [-0.1, -0.05) is 0 Å². The topological polar surface area (TPSA) is 88.1 Å². The van der Waals surface area contributed by atoms with Gasteiger partial charge >= 0.3 is 0 Å². The lowest BCUT2D eigenvalue weighted by molar-refractivity contribution is -0.145. The number of hydrogen-bond acceptors (Lipinski definition) is 5. The fourth-order valence-electron chi connectivity index (χ4n) is 5.09. The first-order chi connectivity index (χ1) is 11.7. The predicted molar refractivity (Wildman–Crippen MR) is 83.1 cm³/mol. The third-order valence-corrected chi connectivity index (χ3v) is 6.34. The number of amides is 2. The molecule has 2 N–H and O–H groups in total. The lowest BCUT2D eigenvalue weighted by atomic mass is 9.74. The van der Waals surface area contributed by atoms with Gasteiger partial charge in [0.05, 0.1) is 12.2 Å². The molecule has 5 atom stereocenters. The molecule has 0 aromatic carbocycles. The summed E-state index contributed by atoms with van der Waals surface area (Å²) >= 11 is 0. The Hall–Kier alpha value is -1.18. The van der Waals surface area contributed by atoms with E-state index in [-0.39, 0.29) is 41.9 Å². The summed E-state index contributed by atoms with van der Waals surface area (Å²) in [5.41, 5.74) is 1.77. The van der Waals surface area contributed by atoms with Crippen molar-refractivity contribution in [3.63, 3.8) is 0 Å². The minimum atomic E-state index is -0.315. The number of likely N-dealkylation sites (tertiary alicyclic amines) is 1. The molecule has 2 amide bonds. The molecule has 1 saturated carbocycles. The third kappa shape index (κ3) is 2.82. The maximum atomic E-state index is 13.0. The van der Waals surface area contributed by atoms with Gasteiger partial charge in [-0.2, -0.15) is 0 Å². The molecule has 1 aliphatic carbocycles. The molecule has 2 bridgehead atoms. The summed E-state index contributed by atoms with van der Waals surface area (Å²) in [5.74, 6) is 0.173. The smallest absolute Gasteiger partial charge is 0.246 e. The molecule has 4 rings (SSSR count). The lowest BCUT2D eigenvalue weighted by Gasteiger charge is -2.43. The Morgan fingerprint density at radius 3 is 2.58 bits per heavy atom. The predicted octanol–water partition coefficient (Wildman–Crippen LogP) is 0.703. The van der Waals surface area contributed by atoms with Crippen molar-refractivity contribution < 1.29 is 24.3 Å². The van der Waals surface area contributed by atoms with Crippen LogP contribution in [0.1, 0.15) is 38.5 Å². The van der Waals surface area contributed by atoms with E-state index in [1.807, 2.05) is 0 Å². The average Bonchev–Trinajstić information content (AvgIpc) is 2.98. The Labute approximate surface area is 141 Å². The minimum Gasteiger partial charge on any atom is -0.381 e. The number of hydroxylamine groups is 1. The second kappa shape index (κ2) is 6.61. The number of fused-ring (bicyclic) bond motifs is 4. The summed E-state index contributed by atoms with van der Waals surface area (Å²) in [5, 5.41) is 8.86. The van der Waals surface area contributed by atoms with Crippen LogP contribution in [-0.2, 0) is 19.1 Å². The summed E-state index contributed by atoms with van der Waals surface area (Å²) in [7, 11) is 0. The van der Waals surface area contributed by atoms with Crippen LogP contribution in [0.15, 0.2) is 0 Å². The summed E-state index contributed by atoms with van der Waals surface area (Å²) in [4.78, 5) is 26.7. The molecule has 0 aromatic heterocycles. The van der Waals surface area contributed by atoms with Crippen LogP contribution in [0.2, 0.25) is 0 Å². The Kier molecular flexibility index (Phi) is 4.49. The van der Waals surface area contributed by atoms with Crippen molar-refractivity contribution in [3.8, 4) is 0 Å². The van der Waals surface area contributed by atoms with Crippen LogP contribution in [-0.4, -0.2) is 59.9 Å². The van der Waals surface area contributed by atoms with E-state index in [0.717, 1.165) is 32.1 Å². The van der Waals surface area contributed by atoms with Gasteiger partial charge in [0.15, 0.2) is 0 Å². The van der Waals surface area contributed by atoms with E-state index in [1.165, 1.54) is 0 Å². The van der Waals surface area contributed by atoms with E-state index in [2.05, 4.69) is 4.90 Å². The Morgan fingerprint density at radius 2 is 1.83 bits per heavy atom. The molecule has 4 fully saturated rings. The maximum Gasteiger partial charge on any atom is 0.246 e. The molecule has 0 aromatic rings. The molecule has 3 aliphatic heterocycles. The van der Waals surface area contributed by atoms with E-state index < -0.39 is 0 Å². The summed E-state index contributed by atoms with van der Waals surface area (Å²) < 4.78 is 11.6. The highest BCUT2D eigenvalue weighted by molar-refractivity contribution is 5.80. The zero-order valence-corrected chi connectivity index (χ0v) is 13.9. The summed E-state index contributed by atoms with van der Waals surface area (Å²) in [6.45, 7) is 2.04. The molecule has 0 radical (unpaired) electrons. The van der Waals surface area contributed by atoms with Crippen molar-refractivity contribution in [1.29, 1.82) is 0 Å².